The summed E-state index contributed by atoms with van der Waals surface area (Å²) in [5.41, 5.74) is 9.18. The molecule has 0 heterocycles. The zero-order valence-corrected chi connectivity index (χ0v) is 12.7. The molecule has 0 saturated heterocycles. The molecule has 0 N–H and O–H groups in total. The highest BCUT2D eigenvalue weighted by atomic mass is 14.3. The molecular formula is C18H26. The number of rotatable bonds is 3. The van der Waals surface area contributed by atoms with E-state index in [-0.39, 0.29) is 0 Å². The van der Waals surface area contributed by atoms with Crippen molar-refractivity contribution in [3.05, 3.63) is 45.6 Å². The lowest BCUT2D eigenvalue weighted by atomic mass is 9.90. The molecule has 0 spiro atoms. The molecule has 0 radical (unpaired) electrons. The third-order valence-electron chi connectivity index (χ3n) is 5.17. The van der Waals surface area contributed by atoms with Crippen LogP contribution in [-0.2, 0) is 0 Å². The van der Waals surface area contributed by atoms with E-state index >= 15 is 0 Å². The van der Waals surface area contributed by atoms with Crippen molar-refractivity contribution < 1.29 is 0 Å². The second kappa shape index (κ2) is 4.91. The van der Waals surface area contributed by atoms with E-state index in [1.165, 1.54) is 35.1 Å². The van der Waals surface area contributed by atoms with Crippen LogP contribution in [0.25, 0.3) is 0 Å². The highest BCUT2D eigenvalue weighted by Crippen LogP contribution is 2.38. The summed E-state index contributed by atoms with van der Waals surface area (Å²) in [5.74, 6) is 1.37. The number of allylic oxidation sites excluding steroid dienone is 8. The van der Waals surface area contributed by atoms with Gasteiger partial charge in [0.25, 0.3) is 0 Å². The van der Waals surface area contributed by atoms with Gasteiger partial charge in [0.1, 0.15) is 0 Å². The Morgan fingerprint density at radius 3 is 1.22 bits per heavy atom. The van der Waals surface area contributed by atoms with Crippen molar-refractivity contribution in [2.24, 2.45) is 11.8 Å². The highest BCUT2D eigenvalue weighted by molar-refractivity contribution is 5.43. The maximum absolute atomic E-state index is 2.46. The average Bonchev–Trinajstić information content (AvgIpc) is 2.72. The Morgan fingerprint density at radius 1 is 0.667 bits per heavy atom. The first-order chi connectivity index (χ1) is 8.41. The molecule has 0 aromatic carbocycles. The molecule has 2 atom stereocenters. The summed E-state index contributed by atoms with van der Waals surface area (Å²) in [5, 5.41) is 0. The molecule has 0 aromatic heterocycles. The van der Waals surface area contributed by atoms with Crippen LogP contribution < -0.4 is 0 Å². The van der Waals surface area contributed by atoms with Crippen molar-refractivity contribution in [2.45, 2.75) is 54.4 Å². The molecule has 0 amide bonds. The van der Waals surface area contributed by atoms with E-state index in [9.17, 15) is 0 Å². The predicted molar refractivity (Wildman–Crippen MR) is 80.5 cm³/mol. The fourth-order valence-corrected chi connectivity index (χ4v) is 3.24. The lowest BCUT2D eigenvalue weighted by Crippen LogP contribution is -2.02. The van der Waals surface area contributed by atoms with Gasteiger partial charge in [-0.15, -0.1) is 0 Å². The zero-order valence-electron chi connectivity index (χ0n) is 12.7. The third kappa shape index (κ3) is 2.25. The van der Waals surface area contributed by atoms with Gasteiger partial charge in [-0.3, -0.25) is 0 Å². The minimum absolute atomic E-state index is 0.687. The molecule has 0 nitrogen and oxygen atoms in total. The fraction of sp³-hybridized carbons (Fsp3) is 0.556. The smallest absolute Gasteiger partial charge is 0.00141 e. The van der Waals surface area contributed by atoms with Crippen molar-refractivity contribution in [3.63, 3.8) is 0 Å². The van der Waals surface area contributed by atoms with Crippen LogP contribution in [0, 0.1) is 11.8 Å². The molecule has 2 aliphatic rings. The molecule has 0 saturated carbocycles. The Kier molecular flexibility index (Phi) is 3.66. The molecule has 0 heteroatoms. The second-order valence-electron chi connectivity index (χ2n) is 6.11. The topological polar surface area (TPSA) is 0 Å². The van der Waals surface area contributed by atoms with Gasteiger partial charge in [-0.2, -0.15) is 0 Å². The van der Waals surface area contributed by atoms with Gasteiger partial charge >= 0.3 is 0 Å². The van der Waals surface area contributed by atoms with Gasteiger partial charge in [-0.05, 0) is 77.4 Å². The van der Waals surface area contributed by atoms with Crippen LogP contribution in [0.3, 0.4) is 0 Å². The normalized spacial score (nSPS) is 28.1. The first-order valence-electron chi connectivity index (χ1n) is 7.14. The van der Waals surface area contributed by atoms with Gasteiger partial charge < -0.3 is 0 Å². The lowest BCUT2D eigenvalue weighted by Gasteiger charge is -2.15. The highest BCUT2D eigenvalue weighted by Gasteiger charge is 2.22. The van der Waals surface area contributed by atoms with E-state index in [2.05, 4.69) is 53.7 Å². The monoisotopic (exact) mass is 242 g/mol. The summed E-state index contributed by atoms with van der Waals surface area (Å²) in [6.07, 6.45) is 7.50. The van der Waals surface area contributed by atoms with Gasteiger partial charge in [0.05, 0.1) is 0 Å². The van der Waals surface area contributed by atoms with Crippen LogP contribution in [0.5, 0.6) is 0 Å². The Balaban J connectivity index is 2.00. The fourth-order valence-electron chi connectivity index (χ4n) is 3.24. The number of hydrogen-bond donors (Lipinski definition) is 0. The van der Waals surface area contributed by atoms with Crippen molar-refractivity contribution in [1.29, 1.82) is 0 Å². The van der Waals surface area contributed by atoms with Crippen molar-refractivity contribution in [1.82, 2.24) is 0 Å². The van der Waals surface area contributed by atoms with Crippen LogP contribution in [0.1, 0.15) is 54.4 Å². The van der Waals surface area contributed by atoms with Crippen molar-refractivity contribution in [3.8, 4) is 0 Å². The van der Waals surface area contributed by atoms with Crippen LogP contribution >= 0.6 is 0 Å². The van der Waals surface area contributed by atoms with E-state index in [1.54, 1.807) is 11.1 Å². The molecule has 18 heavy (non-hydrogen) atoms. The van der Waals surface area contributed by atoms with Gasteiger partial charge in [0.2, 0.25) is 0 Å². The maximum Gasteiger partial charge on any atom is -0.00141 e. The van der Waals surface area contributed by atoms with E-state index in [1.807, 2.05) is 0 Å². The van der Waals surface area contributed by atoms with Crippen LogP contribution in [0.15, 0.2) is 45.6 Å². The van der Waals surface area contributed by atoms with Crippen LogP contribution in [-0.4, -0.2) is 0 Å². The van der Waals surface area contributed by atoms with E-state index in [4.69, 9.17) is 0 Å². The van der Waals surface area contributed by atoms with Crippen LogP contribution in [0.2, 0.25) is 0 Å². The van der Waals surface area contributed by atoms with E-state index in [0.29, 0.717) is 11.8 Å². The second-order valence-corrected chi connectivity index (χ2v) is 6.11. The molecular weight excluding hydrogens is 216 g/mol. The van der Waals surface area contributed by atoms with Crippen molar-refractivity contribution in [2.75, 3.05) is 0 Å². The molecule has 0 aliphatic heterocycles. The van der Waals surface area contributed by atoms with E-state index < -0.39 is 0 Å². The Labute approximate surface area is 112 Å². The summed E-state index contributed by atoms with van der Waals surface area (Å²) in [4.78, 5) is 0. The Hall–Kier alpha value is -1.04. The SMILES string of the molecule is CC1=CC(CCC2C=C(C)C(C)=C2C)C(C)=C1C. The minimum Gasteiger partial charge on any atom is -0.0741 e. The summed E-state index contributed by atoms with van der Waals surface area (Å²) in [6.45, 7) is 13.6. The lowest BCUT2D eigenvalue weighted by molar-refractivity contribution is 0.569. The van der Waals surface area contributed by atoms with E-state index in [0.717, 1.165) is 0 Å². The standard InChI is InChI=1S/C18H26/c1-11-9-17(15(5)13(11)3)7-8-18-10-12(2)14(4)16(18)6/h9-10,17-18H,7-8H2,1-6H3. The summed E-state index contributed by atoms with van der Waals surface area (Å²) in [6, 6.07) is 0. The van der Waals surface area contributed by atoms with Gasteiger partial charge in [-0.1, -0.05) is 34.4 Å². The zero-order chi connectivity index (χ0) is 13.4. The Bertz CT molecular complexity index is 434. The van der Waals surface area contributed by atoms with Gasteiger partial charge in [-0.25, -0.2) is 0 Å². The molecule has 0 aromatic rings. The molecule has 2 unspecified atom stereocenters. The molecule has 2 rings (SSSR count). The largest absolute Gasteiger partial charge is 0.0741 e. The van der Waals surface area contributed by atoms with Crippen molar-refractivity contribution >= 4 is 0 Å². The maximum atomic E-state index is 2.46. The quantitative estimate of drug-likeness (QED) is 0.605. The summed E-state index contributed by atoms with van der Waals surface area (Å²) in [7, 11) is 0. The molecule has 2 aliphatic carbocycles. The predicted octanol–water partition coefficient (Wildman–Crippen LogP) is 5.59. The first kappa shape index (κ1) is 13.4. The average molecular weight is 242 g/mol. The third-order valence-corrected chi connectivity index (χ3v) is 5.17. The van der Waals surface area contributed by atoms with Gasteiger partial charge in [0.15, 0.2) is 0 Å². The molecule has 0 fully saturated rings. The Morgan fingerprint density at radius 2 is 1.00 bits per heavy atom. The molecule has 0 bridgehead atoms. The number of hydrogen-bond acceptors (Lipinski definition) is 0. The van der Waals surface area contributed by atoms with Gasteiger partial charge in [0, 0.05) is 0 Å². The first-order valence-corrected chi connectivity index (χ1v) is 7.14. The minimum atomic E-state index is 0.687. The molecule has 98 valence electrons. The summed E-state index contributed by atoms with van der Waals surface area (Å²) >= 11 is 0. The summed E-state index contributed by atoms with van der Waals surface area (Å²) < 4.78 is 0. The van der Waals surface area contributed by atoms with Crippen LogP contribution in [0.4, 0.5) is 0 Å².